The highest BCUT2D eigenvalue weighted by molar-refractivity contribution is 4.82. The zero-order valence-electron chi connectivity index (χ0n) is 11.6. The third-order valence-corrected chi connectivity index (χ3v) is 2.97. The van der Waals surface area contributed by atoms with Crippen molar-refractivity contribution in [2.24, 2.45) is 11.3 Å². The highest BCUT2D eigenvalue weighted by Crippen LogP contribution is 2.21. The summed E-state index contributed by atoms with van der Waals surface area (Å²) in [4.78, 5) is 0. The molecule has 0 saturated carbocycles. The molecular formula is C14H29NO. The van der Waals surface area contributed by atoms with E-state index in [2.05, 4.69) is 46.5 Å². The van der Waals surface area contributed by atoms with E-state index in [4.69, 9.17) is 0 Å². The first-order valence-corrected chi connectivity index (χ1v) is 6.28. The number of rotatable bonds is 7. The minimum atomic E-state index is 0.197. The molecule has 0 saturated heterocycles. The number of aliphatic hydroxyl groups is 1. The predicted octanol–water partition coefficient (Wildman–Crippen LogP) is 2.97. The third kappa shape index (κ3) is 7.02. The van der Waals surface area contributed by atoms with Gasteiger partial charge >= 0.3 is 0 Å². The number of allylic oxidation sites excluding steroid dienone is 1. The number of hydrogen-bond acceptors (Lipinski definition) is 2. The standard InChI is InChI=1S/C14H29NO/c1-7-8-11(2)12(3)15-13(10-16)9-14(4,5)6/h7,11-13,15-16H,1,8-10H2,2-6H3. The maximum atomic E-state index is 9.37. The second-order valence-corrected chi connectivity index (χ2v) is 6.10. The molecule has 2 nitrogen and oxygen atoms in total. The summed E-state index contributed by atoms with van der Waals surface area (Å²) in [5.74, 6) is 0.562. The smallest absolute Gasteiger partial charge is 0.0584 e. The van der Waals surface area contributed by atoms with Gasteiger partial charge in [-0.15, -0.1) is 6.58 Å². The first-order valence-electron chi connectivity index (χ1n) is 6.28. The van der Waals surface area contributed by atoms with Gasteiger partial charge in [-0.25, -0.2) is 0 Å². The number of hydrogen-bond donors (Lipinski definition) is 2. The molecule has 0 aromatic heterocycles. The molecule has 0 aromatic rings. The van der Waals surface area contributed by atoms with Gasteiger partial charge in [-0.05, 0) is 31.1 Å². The monoisotopic (exact) mass is 227 g/mol. The van der Waals surface area contributed by atoms with Gasteiger partial charge in [0.2, 0.25) is 0 Å². The van der Waals surface area contributed by atoms with Crippen LogP contribution >= 0.6 is 0 Å². The lowest BCUT2D eigenvalue weighted by Crippen LogP contribution is -2.43. The van der Waals surface area contributed by atoms with E-state index in [1.54, 1.807) is 0 Å². The van der Waals surface area contributed by atoms with Crippen molar-refractivity contribution in [3.63, 3.8) is 0 Å². The molecule has 0 rings (SSSR count). The van der Waals surface area contributed by atoms with Crippen LogP contribution in [-0.2, 0) is 0 Å². The van der Waals surface area contributed by atoms with Gasteiger partial charge in [-0.3, -0.25) is 0 Å². The van der Waals surface area contributed by atoms with E-state index >= 15 is 0 Å². The Morgan fingerprint density at radius 3 is 2.25 bits per heavy atom. The summed E-state index contributed by atoms with van der Waals surface area (Å²) < 4.78 is 0. The van der Waals surface area contributed by atoms with Crippen molar-refractivity contribution in [3.8, 4) is 0 Å². The largest absolute Gasteiger partial charge is 0.395 e. The summed E-state index contributed by atoms with van der Waals surface area (Å²) in [6, 6.07) is 0.611. The second kappa shape index (κ2) is 7.08. The van der Waals surface area contributed by atoms with E-state index in [-0.39, 0.29) is 18.1 Å². The molecule has 0 heterocycles. The van der Waals surface area contributed by atoms with Crippen LogP contribution in [0.25, 0.3) is 0 Å². The molecule has 0 fully saturated rings. The van der Waals surface area contributed by atoms with Crippen LogP contribution in [0.2, 0.25) is 0 Å². The highest BCUT2D eigenvalue weighted by Gasteiger charge is 2.21. The molecule has 0 aliphatic carbocycles. The molecule has 0 amide bonds. The maximum Gasteiger partial charge on any atom is 0.0584 e. The van der Waals surface area contributed by atoms with Gasteiger partial charge in [0.1, 0.15) is 0 Å². The topological polar surface area (TPSA) is 32.3 Å². The molecule has 3 unspecified atom stereocenters. The minimum absolute atomic E-state index is 0.197. The van der Waals surface area contributed by atoms with Gasteiger partial charge < -0.3 is 10.4 Å². The summed E-state index contributed by atoms with van der Waals surface area (Å²) in [7, 11) is 0. The fourth-order valence-electron chi connectivity index (χ4n) is 1.92. The Balaban J connectivity index is 4.15. The van der Waals surface area contributed by atoms with Crippen LogP contribution in [0.15, 0.2) is 12.7 Å². The van der Waals surface area contributed by atoms with Crippen LogP contribution in [0.5, 0.6) is 0 Å². The Morgan fingerprint density at radius 2 is 1.88 bits per heavy atom. The SMILES string of the molecule is C=CCC(C)C(C)NC(CO)CC(C)(C)C. The van der Waals surface area contributed by atoms with E-state index in [9.17, 15) is 5.11 Å². The molecule has 0 bridgehead atoms. The summed E-state index contributed by atoms with van der Waals surface area (Å²) in [6.07, 6.45) is 3.97. The quantitative estimate of drug-likeness (QED) is 0.655. The van der Waals surface area contributed by atoms with Crippen LogP contribution < -0.4 is 5.32 Å². The predicted molar refractivity (Wildman–Crippen MR) is 71.5 cm³/mol. The third-order valence-electron chi connectivity index (χ3n) is 2.97. The highest BCUT2D eigenvalue weighted by atomic mass is 16.3. The fraction of sp³-hybridized carbons (Fsp3) is 0.857. The van der Waals surface area contributed by atoms with Gasteiger partial charge in [0, 0.05) is 12.1 Å². The average molecular weight is 227 g/mol. The summed E-state index contributed by atoms with van der Waals surface area (Å²) in [5, 5.41) is 12.9. The Hall–Kier alpha value is -0.340. The van der Waals surface area contributed by atoms with Crippen molar-refractivity contribution in [1.29, 1.82) is 0 Å². The molecule has 3 atom stereocenters. The molecule has 0 radical (unpaired) electrons. The lowest BCUT2D eigenvalue weighted by molar-refractivity contribution is 0.181. The summed E-state index contributed by atoms with van der Waals surface area (Å²) >= 11 is 0. The van der Waals surface area contributed by atoms with Crippen LogP contribution in [0.1, 0.15) is 47.5 Å². The average Bonchev–Trinajstić information content (AvgIpc) is 2.14. The summed E-state index contributed by atoms with van der Waals surface area (Å²) in [5.41, 5.74) is 0.252. The maximum absolute atomic E-state index is 9.37. The fourth-order valence-corrected chi connectivity index (χ4v) is 1.92. The second-order valence-electron chi connectivity index (χ2n) is 6.10. The molecule has 0 aromatic carbocycles. The van der Waals surface area contributed by atoms with Crippen molar-refractivity contribution in [2.45, 2.75) is 59.5 Å². The Kier molecular flexibility index (Phi) is 6.93. The molecule has 0 aliphatic heterocycles. The lowest BCUT2D eigenvalue weighted by Gasteiger charge is -2.30. The Bertz CT molecular complexity index is 195. The first-order chi connectivity index (χ1) is 7.30. The van der Waals surface area contributed by atoms with Crippen LogP contribution in [0.4, 0.5) is 0 Å². The van der Waals surface area contributed by atoms with Gasteiger partial charge in [-0.1, -0.05) is 33.8 Å². The lowest BCUT2D eigenvalue weighted by atomic mass is 9.87. The van der Waals surface area contributed by atoms with E-state index in [0.717, 1.165) is 12.8 Å². The Labute approximate surface area is 101 Å². The molecule has 16 heavy (non-hydrogen) atoms. The Morgan fingerprint density at radius 1 is 1.31 bits per heavy atom. The molecule has 2 N–H and O–H groups in total. The van der Waals surface area contributed by atoms with Crippen LogP contribution in [-0.4, -0.2) is 23.8 Å². The van der Waals surface area contributed by atoms with E-state index in [1.165, 1.54) is 0 Å². The van der Waals surface area contributed by atoms with Crippen molar-refractivity contribution >= 4 is 0 Å². The molecule has 0 spiro atoms. The number of nitrogens with one attached hydrogen (secondary N) is 1. The van der Waals surface area contributed by atoms with Gasteiger partial charge in [-0.2, -0.15) is 0 Å². The van der Waals surface area contributed by atoms with Gasteiger partial charge in [0.25, 0.3) is 0 Å². The van der Waals surface area contributed by atoms with Crippen molar-refractivity contribution < 1.29 is 5.11 Å². The minimum Gasteiger partial charge on any atom is -0.395 e. The zero-order chi connectivity index (χ0) is 12.8. The molecule has 96 valence electrons. The zero-order valence-corrected chi connectivity index (χ0v) is 11.6. The molecule has 0 aliphatic rings. The van der Waals surface area contributed by atoms with E-state index < -0.39 is 0 Å². The number of aliphatic hydroxyl groups excluding tert-OH is 1. The normalized spacial score (nSPS) is 17.9. The summed E-state index contributed by atoms with van der Waals surface area (Å²) in [6.45, 7) is 15.0. The van der Waals surface area contributed by atoms with Gasteiger partial charge in [0.05, 0.1) is 6.61 Å². The van der Waals surface area contributed by atoms with Crippen molar-refractivity contribution in [2.75, 3.05) is 6.61 Å². The molecule has 2 heteroatoms. The molecular weight excluding hydrogens is 198 g/mol. The van der Waals surface area contributed by atoms with Crippen molar-refractivity contribution in [1.82, 2.24) is 5.32 Å². The van der Waals surface area contributed by atoms with E-state index in [1.807, 2.05) is 6.08 Å². The van der Waals surface area contributed by atoms with Crippen molar-refractivity contribution in [3.05, 3.63) is 12.7 Å². The van der Waals surface area contributed by atoms with E-state index in [0.29, 0.717) is 12.0 Å². The van der Waals surface area contributed by atoms with Crippen LogP contribution in [0, 0.1) is 11.3 Å². The first kappa shape index (κ1) is 15.7. The van der Waals surface area contributed by atoms with Crippen LogP contribution in [0.3, 0.4) is 0 Å². The van der Waals surface area contributed by atoms with Gasteiger partial charge in [0.15, 0.2) is 0 Å².